The summed E-state index contributed by atoms with van der Waals surface area (Å²) in [5.74, 6) is 0.188. The second kappa shape index (κ2) is 4.71. The van der Waals surface area contributed by atoms with E-state index in [4.69, 9.17) is 0 Å². The topological polar surface area (TPSA) is 58.4 Å². The number of aromatic nitrogens is 2. The fourth-order valence-corrected chi connectivity index (χ4v) is 2.00. The highest BCUT2D eigenvalue weighted by Gasteiger charge is 2.00. The molecule has 0 saturated carbocycles. The minimum absolute atomic E-state index is 0.188. The van der Waals surface area contributed by atoms with E-state index in [9.17, 15) is 5.11 Å². The summed E-state index contributed by atoms with van der Waals surface area (Å²) >= 11 is 4.73. The lowest BCUT2D eigenvalue weighted by molar-refractivity contribution is 0.474. The van der Waals surface area contributed by atoms with E-state index < -0.39 is 0 Å². The van der Waals surface area contributed by atoms with Crippen molar-refractivity contribution >= 4 is 38.6 Å². The summed E-state index contributed by atoms with van der Waals surface area (Å²) in [6, 6.07) is 5.16. The number of aromatic hydroxyl groups is 1. The van der Waals surface area contributed by atoms with Crippen LogP contribution in [0.3, 0.4) is 0 Å². The van der Waals surface area contributed by atoms with Crippen molar-refractivity contribution in [2.75, 3.05) is 0 Å². The van der Waals surface area contributed by atoms with Gasteiger partial charge in [0, 0.05) is 16.3 Å². The van der Waals surface area contributed by atoms with Gasteiger partial charge in [-0.05, 0) is 25.1 Å². The van der Waals surface area contributed by atoms with Crippen molar-refractivity contribution in [3.63, 3.8) is 0 Å². The Hall–Kier alpha value is -1.27. The molecule has 0 amide bonds. The van der Waals surface area contributed by atoms with Crippen molar-refractivity contribution in [3.05, 3.63) is 33.2 Å². The molecule has 1 aromatic carbocycles. The van der Waals surface area contributed by atoms with E-state index in [1.165, 1.54) is 11.3 Å². The van der Waals surface area contributed by atoms with E-state index >= 15 is 0 Å². The van der Waals surface area contributed by atoms with Crippen molar-refractivity contribution < 1.29 is 5.11 Å². The fourth-order valence-electron chi connectivity index (χ4n) is 1.09. The zero-order valence-electron chi connectivity index (χ0n) is 8.38. The summed E-state index contributed by atoms with van der Waals surface area (Å²) in [5, 5.41) is 18.7. The largest absolute Gasteiger partial charge is 0.507 e. The van der Waals surface area contributed by atoms with Gasteiger partial charge in [-0.1, -0.05) is 27.3 Å². The lowest BCUT2D eigenvalue weighted by Gasteiger charge is -1.97. The monoisotopic (exact) mass is 297 g/mol. The molecule has 2 aromatic rings. The van der Waals surface area contributed by atoms with Crippen molar-refractivity contribution in [3.8, 4) is 5.75 Å². The predicted octanol–water partition coefficient (Wildman–Crippen LogP) is 3.07. The molecule has 0 aliphatic carbocycles. The molecule has 82 valence electrons. The van der Waals surface area contributed by atoms with Crippen LogP contribution < -0.4 is 0 Å². The van der Waals surface area contributed by atoms with Crippen LogP contribution in [0.1, 0.15) is 10.6 Å². The smallest absolute Gasteiger partial charge is 0.231 e. The number of aliphatic imine (C=N–C) groups is 1. The second-order valence-electron chi connectivity index (χ2n) is 3.06. The van der Waals surface area contributed by atoms with Gasteiger partial charge in [0.15, 0.2) is 0 Å². The van der Waals surface area contributed by atoms with Crippen molar-refractivity contribution in [2.24, 2.45) is 4.99 Å². The number of hydrogen-bond donors (Lipinski definition) is 1. The maximum absolute atomic E-state index is 9.57. The predicted molar refractivity (Wildman–Crippen MR) is 67.7 cm³/mol. The standard InChI is InChI=1S/C10H8BrN3OS/c1-6-13-14-10(16-6)12-5-7-4-8(11)2-3-9(7)15/h2-5,15H,1H3/b12-5+. The molecule has 0 radical (unpaired) electrons. The minimum Gasteiger partial charge on any atom is -0.507 e. The van der Waals surface area contributed by atoms with E-state index in [1.54, 1.807) is 24.4 Å². The van der Waals surface area contributed by atoms with Crippen LogP contribution in [0.2, 0.25) is 0 Å². The zero-order chi connectivity index (χ0) is 11.5. The number of rotatable bonds is 2. The molecule has 0 bridgehead atoms. The summed E-state index contributed by atoms with van der Waals surface area (Å²) in [7, 11) is 0. The van der Waals surface area contributed by atoms with E-state index in [1.807, 2.05) is 6.92 Å². The third-order valence-electron chi connectivity index (χ3n) is 1.82. The van der Waals surface area contributed by atoms with Crippen molar-refractivity contribution in [1.82, 2.24) is 10.2 Å². The first kappa shape index (κ1) is 11.2. The molecular formula is C10H8BrN3OS. The van der Waals surface area contributed by atoms with Gasteiger partial charge in [-0.2, -0.15) is 0 Å². The molecule has 1 N–H and O–H groups in total. The average molecular weight is 298 g/mol. The Kier molecular flexibility index (Phi) is 3.31. The summed E-state index contributed by atoms with van der Waals surface area (Å²) in [4.78, 5) is 4.14. The number of halogens is 1. The average Bonchev–Trinajstić information content (AvgIpc) is 2.66. The van der Waals surface area contributed by atoms with E-state index in [0.29, 0.717) is 10.7 Å². The summed E-state index contributed by atoms with van der Waals surface area (Å²) in [5.41, 5.74) is 0.641. The van der Waals surface area contributed by atoms with Crippen LogP contribution >= 0.6 is 27.3 Å². The van der Waals surface area contributed by atoms with Gasteiger partial charge < -0.3 is 5.11 Å². The summed E-state index contributed by atoms with van der Waals surface area (Å²) < 4.78 is 0.889. The highest BCUT2D eigenvalue weighted by atomic mass is 79.9. The molecule has 0 atom stereocenters. The van der Waals surface area contributed by atoms with Gasteiger partial charge in [-0.15, -0.1) is 10.2 Å². The van der Waals surface area contributed by atoms with Crippen molar-refractivity contribution in [1.29, 1.82) is 0 Å². The van der Waals surface area contributed by atoms with Crippen LogP contribution in [-0.2, 0) is 0 Å². The van der Waals surface area contributed by atoms with Gasteiger partial charge in [0.2, 0.25) is 5.13 Å². The van der Waals surface area contributed by atoms with Crippen molar-refractivity contribution in [2.45, 2.75) is 6.92 Å². The first-order valence-electron chi connectivity index (χ1n) is 4.48. The number of nitrogens with zero attached hydrogens (tertiary/aromatic N) is 3. The molecule has 0 fully saturated rings. The lowest BCUT2D eigenvalue weighted by atomic mass is 10.2. The van der Waals surface area contributed by atoms with Crippen LogP contribution in [0, 0.1) is 6.92 Å². The highest BCUT2D eigenvalue weighted by molar-refractivity contribution is 9.10. The highest BCUT2D eigenvalue weighted by Crippen LogP contribution is 2.22. The Bertz CT molecular complexity index is 539. The molecule has 6 heteroatoms. The van der Waals surface area contributed by atoms with Crippen LogP contribution in [0.15, 0.2) is 27.7 Å². The van der Waals surface area contributed by atoms with Gasteiger partial charge in [0.05, 0.1) is 0 Å². The third kappa shape index (κ3) is 2.65. The number of phenolic OH excluding ortho intramolecular Hbond substituents is 1. The van der Waals surface area contributed by atoms with Crippen LogP contribution in [0.4, 0.5) is 5.13 Å². The molecule has 16 heavy (non-hydrogen) atoms. The zero-order valence-corrected chi connectivity index (χ0v) is 10.8. The van der Waals surface area contributed by atoms with E-state index in [-0.39, 0.29) is 5.75 Å². The van der Waals surface area contributed by atoms with E-state index in [2.05, 4.69) is 31.1 Å². The van der Waals surface area contributed by atoms with Gasteiger partial charge in [0.25, 0.3) is 0 Å². The quantitative estimate of drug-likeness (QED) is 0.867. The van der Waals surface area contributed by atoms with Gasteiger partial charge >= 0.3 is 0 Å². The Labute approximate surface area is 105 Å². The number of aryl methyl sites for hydroxylation is 1. The Morgan fingerprint density at radius 1 is 1.44 bits per heavy atom. The third-order valence-corrected chi connectivity index (χ3v) is 3.06. The van der Waals surface area contributed by atoms with Gasteiger partial charge in [-0.3, -0.25) is 0 Å². The SMILES string of the molecule is Cc1nnc(/N=C/c2cc(Br)ccc2O)s1. The normalized spacial score (nSPS) is 11.1. The van der Waals surface area contributed by atoms with Gasteiger partial charge in [-0.25, -0.2) is 4.99 Å². The number of benzene rings is 1. The Morgan fingerprint density at radius 2 is 2.25 bits per heavy atom. The Morgan fingerprint density at radius 3 is 2.94 bits per heavy atom. The molecule has 0 saturated heterocycles. The summed E-state index contributed by atoms with van der Waals surface area (Å²) in [6.45, 7) is 1.87. The minimum atomic E-state index is 0.188. The fraction of sp³-hybridized carbons (Fsp3) is 0.100. The number of phenols is 1. The molecule has 1 heterocycles. The van der Waals surface area contributed by atoms with Gasteiger partial charge in [0.1, 0.15) is 10.8 Å². The molecule has 2 rings (SSSR count). The maximum atomic E-state index is 9.57. The molecule has 4 nitrogen and oxygen atoms in total. The molecule has 1 aromatic heterocycles. The van der Waals surface area contributed by atoms with E-state index in [0.717, 1.165) is 9.48 Å². The second-order valence-corrected chi connectivity index (χ2v) is 5.14. The van der Waals surface area contributed by atoms with Crippen LogP contribution in [0.25, 0.3) is 0 Å². The first-order chi connectivity index (χ1) is 7.65. The summed E-state index contributed by atoms with van der Waals surface area (Å²) in [6.07, 6.45) is 1.57. The molecule has 0 unspecified atom stereocenters. The lowest BCUT2D eigenvalue weighted by Crippen LogP contribution is -1.82. The Balaban J connectivity index is 2.26. The maximum Gasteiger partial charge on any atom is 0.231 e. The number of hydrogen-bond acceptors (Lipinski definition) is 5. The molecule has 0 aliphatic heterocycles. The first-order valence-corrected chi connectivity index (χ1v) is 6.09. The molecule has 0 spiro atoms. The van der Waals surface area contributed by atoms with Crippen LogP contribution in [0.5, 0.6) is 5.75 Å². The molecular weight excluding hydrogens is 290 g/mol. The molecule has 0 aliphatic rings. The van der Waals surface area contributed by atoms with Crippen LogP contribution in [-0.4, -0.2) is 21.5 Å².